The second-order valence-corrected chi connectivity index (χ2v) is 6.19. The van der Waals surface area contributed by atoms with Crippen LogP contribution < -0.4 is 0 Å². The molecule has 0 aliphatic carbocycles. The molecule has 0 rings (SSSR count). The Bertz CT molecular complexity index is 249. The Labute approximate surface area is 129 Å². The van der Waals surface area contributed by atoms with Crippen LogP contribution in [0.1, 0.15) is 78.1 Å². The van der Waals surface area contributed by atoms with Crippen LogP contribution in [0.2, 0.25) is 0 Å². The molecule has 0 bridgehead atoms. The third-order valence-corrected chi connectivity index (χ3v) is 3.92. The van der Waals surface area contributed by atoms with Gasteiger partial charge in [0.05, 0.1) is 19.8 Å². The SMILES string of the molecule is CCCCCCCCCCCCOC(=O)C(C)(CO)CO. The van der Waals surface area contributed by atoms with Gasteiger partial charge < -0.3 is 14.9 Å². The second-order valence-electron chi connectivity index (χ2n) is 6.19. The quantitative estimate of drug-likeness (QED) is 0.381. The largest absolute Gasteiger partial charge is 0.465 e. The number of aliphatic hydroxyl groups is 2. The molecule has 0 unspecified atom stereocenters. The van der Waals surface area contributed by atoms with Gasteiger partial charge in [-0.1, -0.05) is 64.7 Å². The minimum Gasteiger partial charge on any atom is -0.465 e. The van der Waals surface area contributed by atoms with Crippen molar-refractivity contribution in [1.82, 2.24) is 0 Å². The van der Waals surface area contributed by atoms with Crippen LogP contribution in [0.4, 0.5) is 0 Å². The van der Waals surface area contributed by atoms with Gasteiger partial charge in [-0.3, -0.25) is 4.79 Å². The number of ether oxygens (including phenoxy) is 1. The van der Waals surface area contributed by atoms with E-state index in [0.29, 0.717) is 6.61 Å². The van der Waals surface area contributed by atoms with Crippen LogP contribution >= 0.6 is 0 Å². The fourth-order valence-corrected chi connectivity index (χ4v) is 2.11. The van der Waals surface area contributed by atoms with Crippen LogP contribution in [-0.2, 0) is 9.53 Å². The summed E-state index contributed by atoms with van der Waals surface area (Å²) in [4.78, 5) is 11.6. The number of hydrogen-bond donors (Lipinski definition) is 2. The minimum absolute atomic E-state index is 0.380. The van der Waals surface area contributed by atoms with E-state index in [9.17, 15) is 4.79 Å². The molecule has 0 fully saturated rings. The van der Waals surface area contributed by atoms with Gasteiger partial charge in [-0.15, -0.1) is 0 Å². The first-order valence-electron chi connectivity index (χ1n) is 8.49. The molecule has 21 heavy (non-hydrogen) atoms. The van der Waals surface area contributed by atoms with E-state index in [-0.39, 0.29) is 13.2 Å². The number of esters is 1. The number of hydrogen-bond acceptors (Lipinski definition) is 4. The molecule has 126 valence electrons. The van der Waals surface area contributed by atoms with Crippen molar-refractivity contribution in [3.63, 3.8) is 0 Å². The highest BCUT2D eigenvalue weighted by Gasteiger charge is 2.33. The number of carbonyl (C=O) groups excluding carboxylic acids is 1. The van der Waals surface area contributed by atoms with E-state index in [1.54, 1.807) is 0 Å². The average Bonchev–Trinajstić information content (AvgIpc) is 2.51. The monoisotopic (exact) mass is 302 g/mol. The Morgan fingerprint density at radius 3 is 1.71 bits per heavy atom. The molecule has 0 aromatic carbocycles. The lowest BCUT2D eigenvalue weighted by molar-refractivity contribution is -0.160. The molecule has 0 radical (unpaired) electrons. The molecule has 0 aliphatic rings. The Kier molecular flexibility index (Phi) is 12.7. The molecule has 0 amide bonds. The summed E-state index contributed by atoms with van der Waals surface area (Å²) in [6, 6.07) is 0. The number of carbonyl (C=O) groups is 1. The van der Waals surface area contributed by atoms with E-state index in [1.807, 2.05) is 0 Å². The molecule has 0 saturated heterocycles. The van der Waals surface area contributed by atoms with Crippen LogP contribution in [-0.4, -0.2) is 36.0 Å². The van der Waals surface area contributed by atoms with Gasteiger partial charge in [0.2, 0.25) is 0 Å². The Morgan fingerprint density at radius 1 is 0.857 bits per heavy atom. The summed E-state index contributed by atoms with van der Waals surface area (Å²) in [6.07, 6.45) is 12.4. The van der Waals surface area contributed by atoms with Crippen molar-refractivity contribution in [2.75, 3.05) is 19.8 Å². The summed E-state index contributed by atoms with van der Waals surface area (Å²) in [5.74, 6) is -0.511. The Hall–Kier alpha value is -0.610. The highest BCUT2D eigenvalue weighted by molar-refractivity contribution is 5.76. The van der Waals surface area contributed by atoms with Crippen LogP contribution in [0.15, 0.2) is 0 Å². The third-order valence-electron chi connectivity index (χ3n) is 3.92. The van der Waals surface area contributed by atoms with E-state index in [4.69, 9.17) is 14.9 Å². The lowest BCUT2D eigenvalue weighted by Gasteiger charge is -2.22. The van der Waals surface area contributed by atoms with Crippen molar-refractivity contribution >= 4 is 5.97 Å². The maximum atomic E-state index is 11.6. The molecular formula is C17H34O4. The van der Waals surface area contributed by atoms with Crippen LogP contribution in [0.5, 0.6) is 0 Å². The first kappa shape index (κ1) is 20.4. The molecule has 2 N–H and O–H groups in total. The van der Waals surface area contributed by atoms with E-state index in [2.05, 4.69) is 6.92 Å². The van der Waals surface area contributed by atoms with E-state index in [1.165, 1.54) is 58.3 Å². The summed E-state index contributed by atoms with van der Waals surface area (Å²) in [7, 11) is 0. The summed E-state index contributed by atoms with van der Waals surface area (Å²) < 4.78 is 5.10. The highest BCUT2D eigenvalue weighted by Crippen LogP contribution is 2.17. The topological polar surface area (TPSA) is 66.8 Å². The lowest BCUT2D eigenvalue weighted by atomic mass is 9.93. The standard InChI is InChI=1S/C17H34O4/c1-3-4-5-6-7-8-9-10-11-12-13-21-16(20)17(2,14-18)15-19/h18-19H,3-15H2,1-2H3. The summed E-state index contributed by atoms with van der Waals surface area (Å²) in [5, 5.41) is 18.1. The van der Waals surface area contributed by atoms with Gasteiger partial charge in [0.25, 0.3) is 0 Å². The first-order valence-corrected chi connectivity index (χ1v) is 8.49. The Balaban J connectivity index is 3.38. The zero-order valence-corrected chi connectivity index (χ0v) is 13.9. The van der Waals surface area contributed by atoms with E-state index < -0.39 is 11.4 Å². The molecule has 0 aromatic rings. The van der Waals surface area contributed by atoms with Crippen molar-refractivity contribution in [3.8, 4) is 0 Å². The molecule has 4 heteroatoms. The van der Waals surface area contributed by atoms with Gasteiger partial charge in [-0.2, -0.15) is 0 Å². The van der Waals surface area contributed by atoms with Crippen LogP contribution in [0.3, 0.4) is 0 Å². The number of unbranched alkanes of at least 4 members (excludes halogenated alkanes) is 9. The molecule has 0 saturated carbocycles. The summed E-state index contributed by atoms with van der Waals surface area (Å²) in [6.45, 7) is 3.34. The number of aliphatic hydroxyl groups excluding tert-OH is 2. The average molecular weight is 302 g/mol. The minimum atomic E-state index is -1.17. The van der Waals surface area contributed by atoms with Gasteiger partial charge in [0.1, 0.15) is 5.41 Å². The van der Waals surface area contributed by atoms with Gasteiger partial charge in [0, 0.05) is 0 Å². The smallest absolute Gasteiger partial charge is 0.316 e. The van der Waals surface area contributed by atoms with Crippen molar-refractivity contribution in [2.24, 2.45) is 5.41 Å². The fourth-order valence-electron chi connectivity index (χ4n) is 2.11. The predicted octanol–water partition coefficient (Wildman–Crippen LogP) is 3.44. The summed E-state index contributed by atoms with van der Waals surface area (Å²) >= 11 is 0. The van der Waals surface area contributed by atoms with Crippen molar-refractivity contribution in [2.45, 2.75) is 78.1 Å². The van der Waals surface area contributed by atoms with Crippen LogP contribution in [0.25, 0.3) is 0 Å². The molecule has 0 heterocycles. The normalized spacial score (nSPS) is 11.6. The lowest BCUT2D eigenvalue weighted by Crippen LogP contribution is -2.37. The van der Waals surface area contributed by atoms with Gasteiger partial charge in [-0.25, -0.2) is 0 Å². The number of rotatable bonds is 14. The first-order chi connectivity index (χ1) is 10.1. The molecule has 0 aliphatic heterocycles. The second kappa shape index (κ2) is 13.1. The molecule has 0 atom stereocenters. The molecule has 0 aromatic heterocycles. The third kappa shape index (κ3) is 9.86. The molecular weight excluding hydrogens is 268 g/mol. The van der Waals surface area contributed by atoms with Gasteiger partial charge in [-0.05, 0) is 13.3 Å². The maximum Gasteiger partial charge on any atom is 0.316 e. The fraction of sp³-hybridized carbons (Fsp3) is 0.941. The van der Waals surface area contributed by atoms with Crippen molar-refractivity contribution in [1.29, 1.82) is 0 Å². The molecule has 4 nitrogen and oxygen atoms in total. The predicted molar refractivity (Wildman–Crippen MR) is 85.1 cm³/mol. The van der Waals surface area contributed by atoms with Crippen LogP contribution in [0, 0.1) is 5.41 Å². The van der Waals surface area contributed by atoms with Gasteiger partial charge >= 0.3 is 5.97 Å². The highest BCUT2D eigenvalue weighted by atomic mass is 16.5. The Morgan fingerprint density at radius 2 is 1.29 bits per heavy atom. The van der Waals surface area contributed by atoms with E-state index in [0.717, 1.165) is 12.8 Å². The molecule has 0 spiro atoms. The maximum absolute atomic E-state index is 11.6. The summed E-state index contributed by atoms with van der Waals surface area (Å²) in [5.41, 5.74) is -1.17. The van der Waals surface area contributed by atoms with Crippen molar-refractivity contribution < 1.29 is 19.7 Å². The van der Waals surface area contributed by atoms with Gasteiger partial charge in [0.15, 0.2) is 0 Å². The van der Waals surface area contributed by atoms with E-state index >= 15 is 0 Å². The zero-order chi connectivity index (χ0) is 16.0. The van der Waals surface area contributed by atoms with Crippen molar-refractivity contribution in [3.05, 3.63) is 0 Å². The zero-order valence-electron chi connectivity index (χ0n) is 13.9.